The molecular formula is C14H14N4O2S. The lowest BCUT2D eigenvalue weighted by Crippen LogP contribution is -2.14. The van der Waals surface area contributed by atoms with Gasteiger partial charge < -0.3 is 5.73 Å². The Morgan fingerprint density at radius 2 is 2.00 bits per heavy atom. The fraction of sp³-hybridized carbons (Fsp3) is 0.143. The van der Waals surface area contributed by atoms with Crippen molar-refractivity contribution in [1.29, 1.82) is 0 Å². The highest BCUT2D eigenvalue weighted by Crippen LogP contribution is 2.19. The number of aromatic nitrogens is 2. The largest absolute Gasteiger partial charge is 0.320 e. The highest BCUT2D eigenvalue weighted by atomic mass is 32.2. The molecule has 0 aliphatic rings. The molecule has 6 nitrogen and oxygen atoms in total. The zero-order valence-corrected chi connectivity index (χ0v) is 12.2. The van der Waals surface area contributed by atoms with Crippen molar-refractivity contribution >= 4 is 15.7 Å². The monoisotopic (exact) mass is 302 g/mol. The molecule has 3 N–H and O–H groups in total. The molecule has 0 unspecified atom stereocenters. The lowest BCUT2D eigenvalue weighted by Gasteiger charge is -2.10. The van der Waals surface area contributed by atoms with Crippen LogP contribution in [0.5, 0.6) is 0 Å². The number of sulfonamides is 1. The van der Waals surface area contributed by atoms with Gasteiger partial charge in [0.1, 0.15) is 6.33 Å². The van der Waals surface area contributed by atoms with Crippen molar-refractivity contribution in [2.75, 3.05) is 11.3 Å². The van der Waals surface area contributed by atoms with Crippen LogP contribution in [-0.2, 0) is 10.0 Å². The van der Waals surface area contributed by atoms with Gasteiger partial charge in [-0.1, -0.05) is 17.9 Å². The molecule has 0 saturated heterocycles. The van der Waals surface area contributed by atoms with E-state index in [0.717, 1.165) is 0 Å². The van der Waals surface area contributed by atoms with Crippen LogP contribution in [0.4, 0.5) is 5.69 Å². The van der Waals surface area contributed by atoms with Gasteiger partial charge in [-0.15, -0.1) is 0 Å². The highest BCUT2D eigenvalue weighted by molar-refractivity contribution is 7.92. The Labute approximate surface area is 123 Å². The maximum absolute atomic E-state index is 12.4. The maximum atomic E-state index is 12.4. The third-order valence-corrected chi connectivity index (χ3v) is 4.15. The summed E-state index contributed by atoms with van der Waals surface area (Å²) in [5.74, 6) is 5.51. The lowest BCUT2D eigenvalue weighted by atomic mass is 10.1. The van der Waals surface area contributed by atoms with Gasteiger partial charge in [-0.3, -0.25) is 4.72 Å². The molecule has 0 aliphatic heterocycles. The zero-order valence-electron chi connectivity index (χ0n) is 11.4. The van der Waals surface area contributed by atoms with Gasteiger partial charge in [-0.25, -0.2) is 18.4 Å². The van der Waals surface area contributed by atoms with E-state index in [-0.39, 0.29) is 11.4 Å². The van der Waals surface area contributed by atoms with Crippen molar-refractivity contribution in [2.24, 2.45) is 5.73 Å². The predicted molar refractivity (Wildman–Crippen MR) is 80.0 cm³/mol. The molecule has 0 spiro atoms. The number of benzene rings is 1. The third kappa shape index (κ3) is 3.78. The Morgan fingerprint density at radius 1 is 1.29 bits per heavy atom. The second-order valence-electron chi connectivity index (χ2n) is 4.22. The zero-order chi connectivity index (χ0) is 15.3. The van der Waals surface area contributed by atoms with Gasteiger partial charge in [0.15, 0.2) is 0 Å². The summed E-state index contributed by atoms with van der Waals surface area (Å²) in [6.45, 7) is 1.94. The van der Waals surface area contributed by atoms with E-state index in [1.807, 2.05) is 0 Å². The molecule has 0 fully saturated rings. The summed E-state index contributed by atoms with van der Waals surface area (Å²) in [6.07, 6.45) is 4.10. The van der Waals surface area contributed by atoms with E-state index in [4.69, 9.17) is 5.73 Å². The number of nitrogens with zero attached hydrogens (tertiary/aromatic N) is 2. The van der Waals surface area contributed by atoms with Crippen LogP contribution in [-0.4, -0.2) is 24.9 Å². The van der Waals surface area contributed by atoms with Crippen molar-refractivity contribution in [3.05, 3.63) is 48.0 Å². The van der Waals surface area contributed by atoms with Gasteiger partial charge in [0, 0.05) is 5.56 Å². The fourth-order valence-corrected chi connectivity index (χ4v) is 2.98. The van der Waals surface area contributed by atoms with E-state index in [9.17, 15) is 8.42 Å². The Hall–Kier alpha value is -2.43. The van der Waals surface area contributed by atoms with Crippen molar-refractivity contribution in [3.8, 4) is 11.8 Å². The number of anilines is 1. The number of aryl methyl sites for hydroxylation is 1. The Bertz CT molecular complexity index is 793. The smallest absolute Gasteiger partial charge is 0.262 e. The summed E-state index contributed by atoms with van der Waals surface area (Å²) < 4.78 is 27.3. The van der Waals surface area contributed by atoms with Crippen LogP contribution >= 0.6 is 0 Å². The van der Waals surface area contributed by atoms with E-state index in [1.165, 1.54) is 24.8 Å². The molecule has 2 aromatic rings. The maximum Gasteiger partial charge on any atom is 0.262 e. The van der Waals surface area contributed by atoms with Gasteiger partial charge in [0.2, 0.25) is 0 Å². The van der Waals surface area contributed by atoms with E-state index in [2.05, 4.69) is 26.5 Å². The number of rotatable bonds is 3. The first-order chi connectivity index (χ1) is 10.0. The number of nitrogens with two attached hydrogens (primary N) is 1. The Balaban J connectivity index is 2.39. The molecular weight excluding hydrogens is 288 g/mol. The van der Waals surface area contributed by atoms with Crippen molar-refractivity contribution in [1.82, 2.24) is 9.97 Å². The average Bonchev–Trinajstić information content (AvgIpc) is 2.47. The van der Waals surface area contributed by atoms with Crippen LogP contribution < -0.4 is 10.5 Å². The van der Waals surface area contributed by atoms with E-state index < -0.39 is 10.0 Å². The number of hydrogen-bond acceptors (Lipinski definition) is 5. The molecule has 7 heteroatoms. The minimum Gasteiger partial charge on any atom is -0.320 e. The normalized spacial score (nSPS) is 10.6. The van der Waals surface area contributed by atoms with Crippen molar-refractivity contribution < 1.29 is 8.42 Å². The SMILES string of the molecule is Cc1ccc(C#CCN)cc1S(=O)(=O)Nc1cncnc1. The number of hydrogen-bond donors (Lipinski definition) is 2. The molecule has 1 aromatic carbocycles. The first-order valence-corrected chi connectivity index (χ1v) is 7.58. The topological polar surface area (TPSA) is 98.0 Å². The standard InChI is InChI=1S/C14H14N4O2S/c1-11-4-5-12(3-2-6-15)7-14(11)21(19,20)18-13-8-16-10-17-9-13/h4-5,7-10,18H,6,15H2,1H3. The summed E-state index contributed by atoms with van der Waals surface area (Å²) in [5.41, 5.74) is 6.83. The molecule has 0 aliphatic carbocycles. The van der Waals surface area contributed by atoms with Crippen molar-refractivity contribution in [3.63, 3.8) is 0 Å². The summed E-state index contributed by atoms with van der Waals surface area (Å²) in [6, 6.07) is 4.98. The first kappa shape index (κ1) is 15.0. The van der Waals surface area contributed by atoms with Crippen LogP contribution in [0, 0.1) is 18.8 Å². The summed E-state index contributed by atoms with van der Waals surface area (Å²) >= 11 is 0. The molecule has 2 rings (SSSR count). The quantitative estimate of drug-likeness (QED) is 0.821. The van der Waals surface area contributed by atoms with Crippen LogP contribution in [0.3, 0.4) is 0 Å². The summed E-state index contributed by atoms with van der Waals surface area (Å²) in [5, 5.41) is 0. The third-order valence-electron chi connectivity index (χ3n) is 2.63. The minimum absolute atomic E-state index is 0.162. The molecule has 21 heavy (non-hydrogen) atoms. The molecule has 1 aromatic heterocycles. The molecule has 108 valence electrons. The molecule has 0 radical (unpaired) electrons. The second-order valence-corrected chi connectivity index (χ2v) is 5.87. The Kier molecular flexibility index (Phi) is 4.52. The highest BCUT2D eigenvalue weighted by Gasteiger charge is 2.17. The van der Waals surface area contributed by atoms with Gasteiger partial charge >= 0.3 is 0 Å². The fourth-order valence-electron chi connectivity index (χ4n) is 1.68. The summed E-state index contributed by atoms with van der Waals surface area (Å²) in [7, 11) is -3.72. The van der Waals surface area contributed by atoms with Crippen molar-refractivity contribution in [2.45, 2.75) is 11.8 Å². The van der Waals surface area contributed by atoms with Crippen LogP contribution in [0.15, 0.2) is 41.8 Å². The molecule has 0 bridgehead atoms. The lowest BCUT2D eigenvalue weighted by molar-refractivity contribution is 0.600. The summed E-state index contributed by atoms with van der Waals surface area (Å²) in [4.78, 5) is 7.70. The van der Waals surface area contributed by atoms with E-state index in [0.29, 0.717) is 16.8 Å². The minimum atomic E-state index is -3.72. The van der Waals surface area contributed by atoms with Crippen LogP contribution in [0.2, 0.25) is 0 Å². The predicted octanol–water partition coefficient (Wildman–Crippen LogP) is 0.896. The van der Waals surface area contributed by atoms with Gasteiger partial charge in [0.05, 0.1) is 29.5 Å². The Morgan fingerprint density at radius 3 is 2.67 bits per heavy atom. The van der Waals surface area contributed by atoms with Gasteiger partial charge in [-0.05, 0) is 24.6 Å². The second kappa shape index (κ2) is 6.35. The van der Waals surface area contributed by atoms with Gasteiger partial charge in [-0.2, -0.15) is 0 Å². The molecule has 1 heterocycles. The van der Waals surface area contributed by atoms with Crippen LogP contribution in [0.1, 0.15) is 11.1 Å². The van der Waals surface area contributed by atoms with Crippen LogP contribution in [0.25, 0.3) is 0 Å². The molecule has 0 atom stereocenters. The molecule has 0 saturated carbocycles. The van der Waals surface area contributed by atoms with Gasteiger partial charge in [0.25, 0.3) is 10.0 Å². The number of nitrogens with one attached hydrogen (secondary N) is 1. The molecule has 0 amide bonds. The first-order valence-electron chi connectivity index (χ1n) is 6.10. The van der Waals surface area contributed by atoms with E-state index in [1.54, 1.807) is 19.1 Å². The average molecular weight is 302 g/mol. The van der Waals surface area contributed by atoms with E-state index >= 15 is 0 Å².